The van der Waals surface area contributed by atoms with E-state index in [9.17, 15) is 9.18 Å². The van der Waals surface area contributed by atoms with Gasteiger partial charge in [-0.2, -0.15) is 11.8 Å². The van der Waals surface area contributed by atoms with Gasteiger partial charge in [-0.3, -0.25) is 4.79 Å². The lowest BCUT2D eigenvalue weighted by Crippen LogP contribution is -2.25. The van der Waals surface area contributed by atoms with Gasteiger partial charge in [0.1, 0.15) is 11.6 Å². The van der Waals surface area contributed by atoms with Crippen LogP contribution in [0.1, 0.15) is 21.7 Å². The highest BCUT2D eigenvalue weighted by atomic mass is 32.2. The Morgan fingerprint density at radius 2 is 2.25 bits per heavy atom. The fourth-order valence-electron chi connectivity index (χ4n) is 1.64. The first kappa shape index (κ1) is 14.7. The number of thioether (sulfide) groups is 1. The lowest BCUT2D eigenvalue weighted by molar-refractivity contribution is 0.0955. The Hall–Kier alpha value is -1.75. The molecule has 2 aromatic rings. The second-order valence-corrected chi connectivity index (χ2v) is 5.46. The van der Waals surface area contributed by atoms with Crippen molar-refractivity contribution in [1.82, 2.24) is 5.32 Å². The zero-order valence-corrected chi connectivity index (χ0v) is 12.0. The van der Waals surface area contributed by atoms with E-state index in [4.69, 9.17) is 4.42 Å². The minimum absolute atomic E-state index is 0.248. The van der Waals surface area contributed by atoms with Gasteiger partial charge in [0.15, 0.2) is 0 Å². The summed E-state index contributed by atoms with van der Waals surface area (Å²) in [6.45, 7) is 2.21. The second-order valence-electron chi connectivity index (χ2n) is 4.35. The number of furan rings is 1. The maximum Gasteiger partial charge on any atom is 0.251 e. The van der Waals surface area contributed by atoms with Crippen LogP contribution in [0.4, 0.5) is 4.39 Å². The van der Waals surface area contributed by atoms with E-state index in [1.165, 1.54) is 6.07 Å². The van der Waals surface area contributed by atoms with Gasteiger partial charge in [-0.25, -0.2) is 4.39 Å². The Balaban J connectivity index is 1.70. The smallest absolute Gasteiger partial charge is 0.251 e. The number of carbonyl (C=O) groups excluding carboxylic acids is 1. The molecular weight excluding hydrogens is 277 g/mol. The van der Waals surface area contributed by atoms with Crippen molar-refractivity contribution in [2.24, 2.45) is 0 Å². The van der Waals surface area contributed by atoms with Gasteiger partial charge in [0.05, 0.1) is 12.0 Å². The summed E-state index contributed by atoms with van der Waals surface area (Å²) in [4.78, 5) is 11.8. The van der Waals surface area contributed by atoms with Crippen molar-refractivity contribution in [3.63, 3.8) is 0 Å². The fourth-order valence-corrected chi connectivity index (χ4v) is 2.40. The van der Waals surface area contributed by atoms with Gasteiger partial charge in [-0.15, -0.1) is 0 Å². The summed E-state index contributed by atoms with van der Waals surface area (Å²) in [5, 5.41) is 2.77. The third-order valence-corrected chi connectivity index (χ3v) is 3.77. The molecule has 3 nitrogen and oxygen atoms in total. The van der Waals surface area contributed by atoms with Crippen molar-refractivity contribution in [3.05, 3.63) is 59.3 Å². The molecule has 0 atom stereocenters. The zero-order valence-electron chi connectivity index (χ0n) is 11.2. The molecule has 2 rings (SSSR count). The van der Waals surface area contributed by atoms with Crippen molar-refractivity contribution in [1.29, 1.82) is 0 Å². The van der Waals surface area contributed by atoms with Crippen molar-refractivity contribution in [2.75, 3.05) is 12.3 Å². The van der Waals surface area contributed by atoms with Crippen LogP contribution in [0.5, 0.6) is 0 Å². The predicted octanol–water partition coefficient (Wildman–Crippen LogP) is 3.39. The molecule has 0 bridgehead atoms. The quantitative estimate of drug-likeness (QED) is 0.830. The summed E-state index contributed by atoms with van der Waals surface area (Å²) in [5.74, 6) is 1.87. The predicted molar refractivity (Wildman–Crippen MR) is 78.3 cm³/mol. The molecule has 0 saturated heterocycles. The minimum atomic E-state index is -0.357. The SMILES string of the molecule is Cc1ccc(C(=O)NCCSCc2ccco2)cc1F. The third-order valence-electron chi connectivity index (χ3n) is 2.79. The van der Waals surface area contributed by atoms with Gasteiger partial charge in [-0.05, 0) is 36.8 Å². The van der Waals surface area contributed by atoms with Crippen LogP contribution in [0.15, 0.2) is 41.0 Å². The van der Waals surface area contributed by atoms with Gasteiger partial charge in [0.2, 0.25) is 0 Å². The van der Waals surface area contributed by atoms with Crippen LogP contribution in [0, 0.1) is 12.7 Å². The van der Waals surface area contributed by atoms with E-state index < -0.39 is 0 Å². The normalized spacial score (nSPS) is 10.5. The Kier molecular flexibility index (Phi) is 5.24. The maximum absolute atomic E-state index is 13.3. The summed E-state index contributed by atoms with van der Waals surface area (Å²) in [5.41, 5.74) is 0.889. The number of aryl methyl sites for hydroxylation is 1. The average molecular weight is 293 g/mol. The van der Waals surface area contributed by atoms with Crippen LogP contribution in [0.2, 0.25) is 0 Å². The molecule has 0 unspecified atom stereocenters. The largest absolute Gasteiger partial charge is 0.468 e. The summed E-state index contributed by atoms with van der Waals surface area (Å²) < 4.78 is 18.6. The van der Waals surface area contributed by atoms with Crippen LogP contribution >= 0.6 is 11.8 Å². The van der Waals surface area contributed by atoms with E-state index in [1.807, 2.05) is 12.1 Å². The molecule has 1 amide bonds. The van der Waals surface area contributed by atoms with Gasteiger partial charge in [0.25, 0.3) is 5.91 Å². The molecule has 0 aliphatic heterocycles. The molecule has 1 aromatic carbocycles. The van der Waals surface area contributed by atoms with Gasteiger partial charge < -0.3 is 9.73 Å². The van der Waals surface area contributed by atoms with Crippen LogP contribution in [0.25, 0.3) is 0 Å². The molecule has 0 radical (unpaired) electrons. The molecule has 1 heterocycles. The van der Waals surface area contributed by atoms with Crippen molar-refractivity contribution in [3.8, 4) is 0 Å². The number of amides is 1. The topological polar surface area (TPSA) is 42.2 Å². The first-order valence-electron chi connectivity index (χ1n) is 6.31. The Morgan fingerprint density at radius 1 is 1.40 bits per heavy atom. The number of hydrogen-bond acceptors (Lipinski definition) is 3. The minimum Gasteiger partial charge on any atom is -0.468 e. The summed E-state index contributed by atoms with van der Waals surface area (Å²) in [6, 6.07) is 8.27. The fraction of sp³-hybridized carbons (Fsp3) is 0.267. The van der Waals surface area contributed by atoms with Gasteiger partial charge in [0, 0.05) is 17.9 Å². The molecule has 20 heavy (non-hydrogen) atoms. The van der Waals surface area contributed by atoms with Crippen LogP contribution in [0.3, 0.4) is 0 Å². The molecule has 0 saturated carbocycles. The van der Waals surface area contributed by atoms with Crippen molar-refractivity contribution < 1.29 is 13.6 Å². The molecule has 1 N–H and O–H groups in total. The van der Waals surface area contributed by atoms with E-state index in [-0.39, 0.29) is 11.7 Å². The molecule has 5 heteroatoms. The standard InChI is InChI=1S/C15H16FNO2S/c1-11-4-5-12(9-14(11)16)15(18)17-6-8-20-10-13-3-2-7-19-13/h2-5,7,9H,6,8,10H2,1H3,(H,17,18). The Labute approximate surface area is 121 Å². The molecule has 0 spiro atoms. The Morgan fingerprint density at radius 3 is 2.95 bits per heavy atom. The van der Waals surface area contributed by atoms with Crippen molar-refractivity contribution >= 4 is 17.7 Å². The number of rotatable bonds is 6. The lowest BCUT2D eigenvalue weighted by atomic mass is 10.1. The number of nitrogens with one attached hydrogen (secondary N) is 1. The molecule has 106 valence electrons. The van der Waals surface area contributed by atoms with Crippen LogP contribution < -0.4 is 5.32 Å². The highest BCUT2D eigenvalue weighted by Crippen LogP contribution is 2.12. The highest BCUT2D eigenvalue weighted by Gasteiger charge is 2.07. The van der Waals surface area contributed by atoms with E-state index in [2.05, 4.69) is 5.32 Å². The lowest BCUT2D eigenvalue weighted by Gasteiger charge is -2.05. The first-order chi connectivity index (χ1) is 9.66. The van der Waals surface area contributed by atoms with Gasteiger partial charge in [-0.1, -0.05) is 6.07 Å². The molecule has 0 aliphatic rings. The van der Waals surface area contributed by atoms with E-state index in [1.54, 1.807) is 37.1 Å². The average Bonchev–Trinajstić information content (AvgIpc) is 2.94. The monoisotopic (exact) mass is 293 g/mol. The molecule has 0 fully saturated rings. The second kappa shape index (κ2) is 7.14. The number of benzene rings is 1. The van der Waals surface area contributed by atoms with Crippen molar-refractivity contribution in [2.45, 2.75) is 12.7 Å². The number of carbonyl (C=O) groups is 1. The van der Waals surface area contributed by atoms with E-state index in [0.29, 0.717) is 17.7 Å². The van der Waals surface area contributed by atoms with E-state index >= 15 is 0 Å². The zero-order chi connectivity index (χ0) is 14.4. The first-order valence-corrected chi connectivity index (χ1v) is 7.47. The maximum atomic E-state index is 13.3. The molecular formula is C15H16FNO2S. The van der Waals surface area contributed by atoms with Crippen LogP contribution in [-0.4, -0.2) is 18.2 Å². The highest BCUT2D eigenvalue weighted by molar-refractivity contribution is 7.98. The Bertz CT molecular complexity index is 569. The summed E-state index contributed by atoms with van der Waals surface area (Å²) in [7, 11) is 0. The number of hydrogen-bond donors (Lipinski definition) is 1. The summed E-state index contributed by atoms with van der Waals surface area (Å²) in [6.07, 6.45) is 1.64. The van der Waals surface area contributed by atoms with Gasteiger partial charge >= 0.3 is 0 Å². The third kappa shape index (κ3) is 4.13. The van der Waals surface area contributed by atoms with E-state index in [0.717, 1.165) is 17.3 Å². The van der Waals surface area contributed by atoms with Crippen LogP contribution in [-0.2, 0) is 5.75 Å². The summed E-state index contributed by atoms with van der Waals surface area (Å²) >= 11 is 1.67. The number of halogens is 1. The molecule has 0 aliphatic carbocycles. The molecule has 1 aromatic heterocycles.